The zero-order valence-electron chi connectivity index (χ0n) is 17.9. The fourth-order valence-electron chi connectivity index (χ4n) is 3.11. The minimum Gasteiger partial charge on any atom is -0.372 e. The molecule has 0 radical (unpaired) electrons. The van der Waals surface area contributed by atoms with E-state index >= 15 is 0 Å². The van der Waals surface area contributed by atoms with Gasteiger partial charge in [-0.15, -0.1) is 0 Å². The van der Waals surface area contributed by atoms with E-state index in [0.29, 0.717) is 21.7 Å². The second-order valence-electron chi connectivity index (χ2n) is 9.37. The number of halogens is 1. The van der Waals surface area contributed by atoms with Crippen molar-refractivity contribution in [2.24, 2.45) is 0 Å². The van der Waals surface area contributed by atoms with E-state index < -0.39 is 5.60 Å². The number of aliphatic hydroxyl groups is 1. The van der Waals surface area contributed by atoms with Crippen molar-refractivity contribution in [3.05, 3.63) is 87.7 Å². The lowest BCUT2D eigenvalue weighted by Gasteiger charge is -2.30. The summed E-state index contributed by atoms with van der Waals surface area (Å²) in [6, 6.07) is 17.0. The molecule has 0 bridgehead atoms. The van der Waals surface area contributed by atoms with Crippen LogP contribution in [-0.4, -0.2) is 20.1 Å². The molecule has 0 aliphatic carbocycles. The number of nitrogens with zero attached hydrogens (tertiary/aromatic N) is 3. The number of aromatic nitrogens is 3. The van der Waals surface area contributed by atoms with Crippen molar-refractivity contribution in [2.45, 2.75) is 58.0 Å². The third kappa shape index (κ3) is 4.41. The van der Waals surface area contributed by atoms with Gasteiger partial charge in [0.2, 0.25) is 0 Å². The second-order valence-corrected chi connectivity index (χ2v) is 10.2. The Morgan fingerprint density at radius 1 is 0.586 bits per heavy atom. The lowest BCUT2D eigenvalue weighted by atomic mass is 9.86. The zero-order valence-corrected chi connectivity index (χ0v) is 19.4. The molecule has 4 nitrogen and oxygen atoms in total. The quantitative estimate of drug-likeness (QED) is 0.530. The highest BCUT2D eigenvalue weighted by molar-refractivity contribution is 9.10. The van der Waals surface area contributed by atoms with Gasteiger partial charge in [0.25, 0.3) is 0 Å². The molecule has 0 aliphatic rings. The summed E-state index contributed by atoms with van der Waals surface area (Å²) in [6.07, 6.45) is 0. The SMILES string of the molecule is CC(C)(C)c1cccc(C(O)(c2cccc(Br)n2)c2cccc(C(C)(C)C)n2)n1. The summed E-state index contributed by atoms with van der Waals surface area (Å²) < 4.78 is 0.646. The fourth-order valence-corrected chi connectivity index (χ4v) is 3.45. The molecule has 0 spiro atoms. The molecule has 152 valence electrons. The molecule has 5 heteroatoms. The van der Waals surface area contributed by atoms with Crippen LogP contribution in [0.1, 0.15) is 70.0 Å². The Balaban J connectivity index is 2.30. The predicted molar refractivity (Wildman–Crippen MR) is 120 cm³/mol. The summed E-state index contributed by atoms with van der Waals surface area (Å²) in [5, 5.41) is 12.1. The van der Waals surface area contributed by atoms with Crippen molar-refractivity contribution in [1.82, 2.24) is 15.0 Å². The molecular formula is C24H28BrN3O. The maximum Gasteiger partial charge on any atom is 0.191 e. The first-order valence-corrected chi connectivity index (χ1v) is 10.5. The molecule has 29 heavy (non-hydrogen) atoms. The van der Waals surface area contributed by atoms with E-state index in [4.69, 9.17) is 9.97 Å². The molecule has 0 aromatic carbocycles. The van der Waals surface area contributed by atoms with E-state index in [-0.39, 0.29) is 10.8 Å². The molecule has 0 aliphatic heterocycles. The maximum absolute atomic E-state index is 12.1. The number of hydrogen-bond acceptors (Lipinski definition) is 4. The molecule has 3 aromatic rings. The second kappa shape index (κ2) is 7.62. The smallest absolute Gasteiger partial charge is 0.191 e. The van der Waals surface area contributed by atoms with Gasteiger partial charge in [-0.25, -0.2) is 4.98 Å². The van der Waals surface area contributed by atoms with Crippen molar-refractivity contribution < 1.29 is 5.11 Å². The van der Waals surface area contributed by atoms with E-state index in [1.165, 1.54) is 0 Å². The van der Waals surface area contributed by atoms with Gasteiger partial charge in [-0.1, -0.05) is 59.7 Å². The zero-order chi connectivity index (χ0) is 21.4. The number of pyridine rings is 3. The van der Waals surface area contributed by atoms with Crippen LogP contribution in [0.5, 0.6) is 0 Å². The van der Waals surface area contributed by atoms with Crippen LogP contribution in [0, 0.1) is 0 Å². The van der Waals surface area contributed by atoms with E-state index in [1.807, 2.05) is 54.6 Å². The Bertz CT molecular complexity index is 961. The largest absolute Gasteiger partial charge is 0.372 e. The normalized spacial score (nSPS) is 12.8. The van der Waals surface area contributed by atoms with Gasteiger partial charge < -0.3 is 5.11 Å². The van der Waals surface area contributed by atoms with Crippen molar-refractivity contribution in [3.8, 4) is 0 Å². The summed E-state index contributed by atoms with van der Waals surface area (Å²) in [5.41, 5.74) is 1.41. The molecule has 0 unspecified atom stereocenters. The van der Waals surface area contributed by atoms with Gasteiger partial charge in [0.05, 0.1) is 17.1 Å². The summed E-state index contributed by atoms with van der Waals surface area (Å²) in [4.78, 5) is 14.3. The lowest BCUT2D eigenvalue weighted by Crippen LogP contribution is -2.34. The highest BCUT2D eigenvalue weighted by Gasteiger charge is 2.39. The minimum absolute atomic E-state index is 0.150. The van der Waals surface area contributed by atoms with Gasteiger partial charge >= 0.3 is 0 Å². The van der Waals surface area contributed by atoms with E-state index in [1.54, 1.807) is 0 Å². The molecule has 3 heterocycles. The molecular weight excluding hydrogens is 426 g/mol. The molecule has 3 aromatic heterocycles. The van der Waals surface area contributed by atoms with E-state index in [2.05, 4.69) is 62.5 Å². The third-order valence-electron chi connectivity index (χ3n) is 4.86. The standard InChI is InChI=1S/C24H28BrN3O/c1-22(2,3)16-10-7-12-18(26-16)24(29,20-14-9-15-21(25)28-20)19-13-8-11-17(27-19)23(4,5)6/h7-15,29H,1-6H3. The monoisotopic (exact) mass is 453 g/mol. The minimum atomic E-state index is -1.58. The molecule has 0 fully saturated rings. The van der Waals surface area contributed by atoms with Gasteiger partial charge in [0, 0.05) is 22.2 Å². The summed E-state index contributed by atoms with van der Waals surface area (Å²) in [6.45, 7) is 12.6. The van der Waals surface area contributed by atoms with Gasteiger partial charge in [-0.2, -0.15) is 0 Å². The van der Waals surface area contributed by atoms with Crippen molar-refractivity contribution in [3.63, 3.8) is 0 Å². The molecule has 0 amide bonds. The van der Waals surface area contributed by atoms with Crippen molar-refractivity contribution in [1.29, 1.82) is 0 Å². The van der Waals surface area contributed by atoms with Gasteiger partial charge in [-0.3, -0.25) is 9.97 Å². The van der Waals surface area contributed by atoms with Crippen LogP contribution in [0.15, 0.2) is 59.2 Å². The van der Waals surface area contributed by atoms with Crippen molar-refractivity contribution >= 4 is 15.9 Å². The number of rotatable bonds is 3. The predicted octanol–water partition coefficient (Wildman–Crippen LogP) is 5.51. The maximum atomic E-state index is 12.1. The molecule has 0 saturated carbocycles. The van der Waals surface area contributed by atoms with E-state index in [0.717, 1.165) is 11.4 Å². The van der Waals surface area contributed by atoms with Crippen LogP contribution >= 0.6 is 15.9 Å². The highest BCUT2D eigenvalue weighted by atomic mass is 79.9. The Hall–Kier alpha value is -2.11. The first-order chi connectivity index (χ1) is 13.4. The Labute approximate surface area is 181 Å². The van der Waals surface area contributed by atoms with Crippen LogP contribution in [0.2, 0.25) is 0 Å². The third-order valence-corrected chi connectivity index (χ3v) is 5.30. The average molecular weight is 454 g/mol. The van der Waals surface area contributed by atoms with Crippen molar-refractivity contribution in [2.75, 3.05) is 0 Å². The topological polar surface area (TPSA) is 58.9 Å². The van der Waals surface area contributed by atoms with Crippen LogP contribution in [0.25, 0.3) is 0 Å². The first kappa shape index (κ1) is 21.6. The first-order valence-electron chi connectivity index (χ1n) is 9.74. The van der Waals surface area contributed by atoms with Crippen LogP contribution in [0.4, 0.5) is 0 Å². The summed E-state index contributed by atoms with van der Waals surface area (Å²) in [7, 11) is 0. The fraction of sp³-hybridized carbons (Fsp3) is 0.375. The van der Waals surface area contributed by atoms with Gasteiger partial charge in [0.1, 0.15) is 4.60 Å². The number of hydrogen-bond donors (Lipinski definition) is 1. The van der Waals surface area contributed by atoms with Gasteiger partial charge in [0.15, 0.2) is 5.60 Å². The van der Waals surface area contributed by atoms with Gasteiger partial charge in [-0.05, 0) is 52.3 Å². The molecule has 0 saturated heterocycles. The van der Waals surface area contributed by atoms with Crippen LogP contribution < -0.4 is 0 Å². The lowest BCUT2D eigenvalue weighted by molar-refractivity contribution is 0.110. The Morgan fingerprint density at radius 3 is 1.31 bits per heavy atom. The van der Waals surface area contributed by atoms with Crippen LogP contribution in [-0.2, 0) is 16.4 Å². The molecule has 3 rings (SSSR count). The molecule has 1 N–H and O–H groups in total. The van der Waals surface area contributed by atoms with E-state index in [9.17, 15) is 5.11 Å². The summed E-state index contributed by atoms with van der Waals surface area (Å²) >= 11 is 3.43. The average Bonchev–Trinajstić information content (AvgIpc) is 2.66. The summed E-state index contributed by atoms with van der Waals surface area (Å²) in [5.74, 6) is 0. The highest BCUT2D eigenvalue weighted by Crippen LogP contribution is 2.36. The molecule has 0 atom stereocenters. The Kier molecular flexibility index (Phi) is 5.67. The van der Waals surface area contributed by atoms with Crippen LogP contribution in [0.3, 0.4) is 0 Å². The Morgan fingerprint density at radius 2 is 0.931 bits per heavy atom.